The highest BCUT2D eigenvalue weighted by molar-refractivity contribution is 5.89. The van der Waals surface area contributed by atoms with Crippen LogP contribution in [0, 0.1) is 6.92 Å². The second kappa shape index (κ2) is 6.58. The first kappa shape index (κ1) is 14.0. The molecule has 0 bridgehead atoms. The molecule has 0 spiro atoms. The predicted molar refractivity (Wildman–Crippen MR) is 67.5 cm³/mol. The smallest absolute Gasteiger partial charge is 0.321 e. The first-order chi connectivity index (χ1) is 8.52. The van der Waals surface area contributed by atoms with Crippen molar-refractivity contribution in [1.29, 1.82) is 0 Å². The van der Waals surface area contributed by atoms with Gasteiger partial charge in [-0.1, -0.05) is 0 Å². The molecule has 0 aliphatic carbocycles. The summed E-state index contributed by atoms with van der Waals surface area (Å²) >= 11 is 0. The van der Waals surface area contributed by atoms with E-state index in [9.17, 15) is 9.59 Å². The summed E-state index contributed by atoms with van der Waals surface area (Å²) in [5.74, 6) is -0.918. The molecular weight excluding hydrogens is 234 g/mol. The van der Waals surface area contributed by atoms with Gasteiger partial charge in [-0.15, -0.1) is 0 Å². The monoisotopic (exact) mass is 251 g/mol. The Kier molecular flexibility index (Phi) is 5.10. The van der Waals surface area contributed by atoms with Crippen LogP contribution in [-0.2, 0) is 4.79 Å². The Morgan fingerprint density at radius 2 is 2.17 bits per heavy atom. The number of rotatable bonds is 5. The van der Waals surface area contributed by atoms with Crippen LogP contribution in [0.2, 0.25) is 0 Å². The van der Waals surface area contributed by atoms with Crippen molar-refractivity contribution in [2.45, 2.75) is 20.3 Å². The predicted octanol–water partition coefficient (Wildman–Crippen LogP) is 1.72. The Hall–Kier alpha value is -2.11. The zero-order chi connectivity index (χ0) is 13.5. The third-order valence-electron chi connectivity index (χ3n) is 2.43. The molecule has 1 aromatic heterocycles. The summed E-state index contributed by atoms with van der Waals surface area (Å²) < 4.78 is 0. The van der Waals surface area contributed by atoms with E-state index < -0.39 is 5.97 Å². The number of carboxylic acid groups (broad SMARTS) is 1. The standard InChI is InChI=1S/C12H17N3O3/c1-3-15(7-6-11(16)17)12(18)14-10-5-4-9(2)13-8-10/h4-5,8H,3,6-7H2,1-2H3,(H,14,18)(H,16,17). The molecule has 0 saturated heterocycles. The van der Waals surface area contributed by atoms with Crippen LogP contribution < -0.4 is 5.32 Å². The Morgan fingerprint density at radius 3 is 2.67 bits per heavy atom. The number of pyridine rings is 1. The Bertz CT molecular complexity index is 417. The number of carbonyl (C=O) groups excluding carboxylic acids is 1. The summed E-state index contributed by atoms with van der Waals surface area (Å²) in [6.07, 6.45) is 1.51. The summed E-state index contributed by atoms with van der Waals surface area (Å²) in [6, 6.07) is 3.23. The number of amides is 2. The molecule has 2 N–H and O–H groups in total. The SMILES string of the molecule is CCN(CCC(=O)O)C(=O)Nc1ccc(C)nc1. The molecule has 18 heavy (non-hydrogen) atoms. The van der Waals surface area contributed by atoms with E-state index in [4.69, 9.17) is 5.11 Å². The summed E-state index contributed by atoms with van der Waals surface area (Å²) in [5, 5.41) is 11.3. The number of aliphatic carboxylic acids is 1. The zero-order valence-corrected chi connectivity index (χ0v) is 10.5. The molecule has 0 unspecified atom stereocenters. The van der Waals surface area contributed by atoms with Gasteiger partial charge in [0.1, 0.15) is 0 Å². The van der Waals surface area contributed by atoms with Gasteiger partial charge in [0.2, 0.25) is 0 Å². The Balaban J connectivity index is 2.56. The van der Waals surface area contributed by atoms with Crippen LogP contribution >= 0.6 is 0 Å². The summed E-state index contributed by atoms with van der Waals surface area (Å²) in [6.45, 7) is 4.31. The molecular formula is C12H17N3O3. The highest BCUT2D eigenvalue weighted by Crippen LogP contribution is 2.07. The molecule has 1 rings (SSSR count). The minimum atomic E-state index is -0.918. The number of urea groups is 1. The second-order valence-electron chi connectivity index (χ2n) is 3.84. The first-order valence-electron chi connectivity index (χ1n) is 5.73. The fraction of sp³-hybridized carbons (Fsp3) is 0.417. The first-order valence-corrected chi connectivity index (χ1v) is 5.73. The van der Waals surface area contributed by atoms with E-state index in [1.807, 2.05) is 6.92 Å². The van der Waals surface area contributed by atoms with Crippen LogP contribution in [0.25, 0.3) is 0 Å². The van der Waals surface area contributed by atoms with Crippen LogP contribution in [0.4, 0.5) is 10.5 Å². The Labute approximate surface area is 106 Å². The maximum Gasteiger partial charge on any atom is 0.321 e. The fourth-order valence-corrected chi connectivity index (χ4v) is 1.38. The van der Waals surface area contributed by atoms with E-state index in [1.54, 1.807) is 25.3 Å². The van der Waals surface area contributed by atoms with Gasteiger partial charge in [-0.05, 0) is 26.0 Å². The average molecular weight is 251 g/mol. The van der Waals surface area contributed by atoms with Crippen molar-refractivity contribution < 1.29 is 14.7 Å². The van der Waals surface area contributed by atoms with E-state index in [0.29, 0.717) is 12.2 Å². The summed E-state index contributed by atoms with van der Waals surface area (Å²) in [4.78, 5) is 27.8. The number of nitrogens with zero attached hydrogens (tertiary/aromatic N) is 2. The molecule has 6 heteroatoms. The molecule has 0 aromatic carbocycles. The number of aromatic nitrogens is 1. The lowest BCUT2D eigenvalue weighted by Gasteiger charge is -2.20. The third-order valence-corrected chi connectivity index (χ3v) is 2.43. The van der Waals surface area contributed by atoms with Gasteiger partial charge in [0.05, 0.1) is 18.3 Å². The van der Waals surface area contributed by atoms with Gasteiger partial charge >= 0.3 is 12.0 Å². The molecule has 0 atom stereocenters. The highest BCUT2D eigenvalue weighted by atomic mass is 16.4. The molecule has 0 aliphatic rings. The van der Waals surface area contributed by atoms with Crippen LogP contribution in [0.5, 0.6) is 0 Å². The van der Waals surface area contributed by atoms with Crippen LogP contribution in [0.1, 0.15) is 19.0 Å². The van der Waals surface area contributed by atoms with Gasteiger partial charge in [0, 0.05) is 18.8 Å². The maximum absolute atomic E-state index is 11.8. The number of anilines is 1. The van der Waals surface area contributed by atoms with Crippen molar-refractivity contribution in [3.8, 4) is 0 Å². The quantitative estimate of drug-likeness (QED) is 0.834. The lowest BCUT2D eigenvalue weighted by Crippen LogP contribution is -2.36. The summed E-state index contributed by atoms with van der Waals surface area (Å²) in [7, 11) is 0. The molecule has 0 fully saturated rings. The maximum atomic E-state index is 11.8. The number of carbonyl (C=O) groups is 2. The van der Waals surface area contributed by atoms with Gasteiger partial charge in [0.25, 0.3) is 0 Å². The molecule has 1 aromatic rings. The summed E-state index contributed by atoms with van der Waals surface area (Å²) in [5.41, 5.74) is 1.46. The van der Waals surface area contributed by atoms with E-state index in [2.05, 4.69) is 10.3 Å². The molecule has 6 nitrogen and oxygen atoms in total. The highest BCUT2D eigenvalue weighted by Gasteiger charge is 2.12. The van der Waals surface area contributed by atoms with Crippen molar-refractivity contribution in [1.82, 2.24) is 9.88 Å². The number of carboxylic acids is 1. The number of nitrogens with one attached hydrogen (secondary N) is 1. The third kappa shape index (κ3) is 4.40. The minimum Gasteiger partial charge on any atom is -0.481 e. The van der Waals surface area contributed by atoms with E-state index in [-0.39, 0.29) is 19.0 Å². The molecule has 1 heterocycles. The number of aryl methyl sites for hydroxylation is 1. The number of hydrogen-bond acceptors (Lipinski definition) is 3. The lowest BCUT2D eigenvalue weighted by atomic mass is 10.3. The van der Waals surface area contributed by atoms with Gasteiger partial charge in [-0.25, -0.2) is 4.79 Å². The van der Waals surface area contributed by atoms with E-state index >= 15 is 0 Å². The van der Waals surface area contributed by atoms with Crippen LogP contribution in [0.15, 0.2) is 18.3 Å². The molecule has 98 valence electrons. The van der Waals surface area contributed by atoms with E-state index in [0.717, 1.165) is 5.69 Å². The Morgan fingerprint density at radius 1 is 1.44 bits per heavy atom. The zero-order valence-electron chi connectivity index (χ0n) is 10.5. The lowest BCUT2D eigenvalue weighted by molar-refractivity contribution is -0.137. The van der Waals surface area contributed by atoms with Crippen molar-refractivity contribution >= 4 is 17.7 Å². The molecule has 0 radical (unpaired) electrons. The van der Waals surface area contributed by atoms with Crippen LogP contribution in [-0.4, -0.2) is 40.1 Å². The van der Waals surface area contributed by atoms with Crippen molar-refractivity contribution in [3.05, 3.63) is 24.0 Å². The van der Waals surface area contributed by atoms with E-state index in [1.165, 1.54) is 4.90 Å². The van der Waals surface area contributed by atoms with Gasteiger partial charge in [-0.2, -0.15) is 0 Å². The normalized spacial score (nSPS) is 9.89. The second-order valence-corrected chi connectivity index (χ2v) is 3.84. The van der Waals surface area contributed by atoms with Crippen molar-refractivity contribution in [3.63, 3.8) is 0 Å². The fourth-order valence-electron chi connectivity index (χ4n) is 1.38. The largest absolute Gasteiger partial charge is 0.481 e. The topological polar surface area (TPSA) is 82.5 Å². The van der Waals surface area contributed by atoms with Gasteiger partial charge in [0.15, 0.2) is 0 Å². The van der Waals surface area contributed by atoms with Gasteiger partial charge in [-0.3, -0.25) is 9.78 Å². The minimum absolute atomic E-state index is 0.0621. The van der Waals surface area contributed by atoms with Gasteiger partial charge < -0.3 is 15.3 Å². The number of hydrogen-bond donors (Lipinski definition) is 2. The average Bonchev–Trinajstić information content (AvgIpc) is 2.32. The molecule has 0 aliphatic heterocycles. The van der Waals surface area contributed by atoms with Crippen LogP contribution in [0.3, 0.4) is 0 Å². The van der Waals surface area contributed by atoms with Crippen molar-refractivity contribution in [2.75, 3.05) is 18.4 Å². The molecule has 0 saturated carbocycles. The van der Waals surface area contributed by atoms with Crippen molar-refractivity contribution in [2.24, 2.45) is 0 Å². The molecule has 2 amide bonds.